The minimum atomic E-state index is -0.0986. The largest absolute Gasteiger partial charge is 0.497 e. The van der Waals surface area contributed by atoms with Crippen LogP contribution in [0.25, 0.3) is 11.1 Å². The molecule has 2 aromatic carbocycles. The van der Waals surface area contributed by atoms with Crippen LogP contribution in [0.2, 0.25) is 0 Å². The lowest BCUT2D eigenvalue weighted by molar-refractivity contribution is 0.415. The zero-order valence-electron chi connectivity index (χ0n) is 14.5. The number of nitrogens with one attached hydrogen (secondary N) is 1. The standard InChI is InChI=1S/C20H20N2OS2/c1-20(2)18-17(15-11-14(23-3)9-10-16(15)22-20)19(25-24-18)21-12-13-7-5-4-6-8-13/h4-11,22H,12H2,1-3H3. The van der Waals surface area contributed by atoms with E-state index in [9.17, 15) is 0 Å². The van der Waals surface area contributed by atoms with Gasteiger partial charge < -0.3 is 10.1 Å². The van der Waals surface area contributed by atoms with Crippen LogP contribution in [0.3, 0.4) is 0 Å². The summed E-state index contributed by atoms with van der Waals surface area (Å²) in [5.74, 6) is 0.872. The van der Waals surface area contributed by atoms with Crippen molar-refractivity contribution in [3.63, 3.8) is 0 Å². The molecule has 0 radical (unpaired) electrons. The summed E-state index contributed by atoms with van der Waals surface area (Å²) < 4.78 is 6.55. The molecule has 0 aliphatic carbocycles. The van der Waals surface area contributed by atoms with Gasteiger partial charge in [0.25, 0.3) is 0 Å². The first-order valence-corrected chi connectivity index (χ1v) is 10.4. The Kier molecular flexibility index (Phi) is 4.13. The predicted octanol–water partition coefficient (Wildman–Crippen LogP) is 5.25. The van der Waals surface area contributed by atoms with Crippen molar-refractivity contribution in [3.05, 3.63) is 63.6 Å². The van der Waals surface area contributed by atoms with E-state index in [1.54, 1.807) is 17.5 Å². The van der Waals surface area contributed by atoms with E-state index >= 15 is 0 Å². The van der Waals surface area contributed by atoms with Gasteiger partial charge in [0, 0.05) is 16.8 Å². The van der Waals surface area contributed by atoms with Crippen molar-refractivity contribution in [1.82, 2.24) is 0 Å². The normalized spacial score (nSPS) is 15.2. The van der Waals surface area contributed by atoms with Crippen LogP contribution in [0.5, 0.6) is 5.75 Å². The molecule has 0 amide bonds. The third kappa shape index (κ3) is 2.98. The number of fused-ring (bicyclic) bond motifs is 3. The summed E-state index contributed by atoms with van der Waals surface area (Å²) in [4.78, 5) is 6.27. The number of benzene rings is 2. The summed E-state index contributed by atoms with van der Waals surface area (Å²) in [5, 5.41) is 3.65. The average molecular weight is 369 g/mol. The third-order valence-electron chi connectivity index (χ3n) is 4.40. The molecular formula is C20H20N2OS2. The van der Waals surface area contributed by atoms with Crippen LogP contribution < -0.4 is 14.7 Å². The van der Waals surface area contributed by atoms with Gasteiger partial charge in [-0.3, -0.25) is 4.99 Å². The van der Waals surface area contributed by atoms with Gasteiger partial charge in [0.2, 0.25) is 0 Å². The second kappa shape index (κ2) is 6.32. The van der Waals surface area contributed by atoms with Crippen molar-refractivity contribution >= 4 is 26.4 Å². The minimum absolute atomic E-state index is 0.0986. The lowest BCUT2D eigenvalue weighted by atomic mass is 9.90. The van der Waals surface area contributed by atoms with Crippen LogP contribution in [-0.4, -0.2) is 7.11 Å². The Hall–Kier alpha value is -2.11. The van der Waals surface area contributed by atoms with Crippen molar-refractivity contribution in [2.75, 3.05) is 12.4 Å². The van der Waals surface area contributed by atoms with Crippen LogP contribution in [-0.2, 0) is 12.1 Å². The highest BCUT2D eigenvalue weighted by molar-refractivity contribution is 7.68. The summed E-state index contributed by atoms with van der Waals surface area (Å²) in [6.07, 6.45) is 0. The van der Waals surface area contributed by atoms with Gasteiger partial charge in [-0.15, -0.1) is 0 Å². The highest BCUT2D eigenvalue weighted by Crippen LogP contribution is 2.46. The Morgan fingerprint density at radius 3 is 2.64 bits per heavy atom. The lowest BCUT2D eigenvalue weighted by Gasteiger charge is -2.33. The van der Waals surface area contributed by atoms with Crippen LogP contribution in [0, 0.1) is 0 Å². The van der Waals surface area contributed by atoms with Crippen LogP contribution >= 0.6 is 20.7 Å². The van der Waals surface area contributed by atoms with E-state index in [0.717, 1.165) is 16.1 Å². The second-order valence-corrected chi connectivity index (χ2v) is 8.77. The molecule has 128 valence electrons. The maximum atomic E-state index is 5.44. The van der Waals surface area contributed by atoms with Gasteiger partial charge in [0.05, 0.1) is 24.1 Å². The molecule has 0 unspecified atom stereocenters. The molecule has 0 fully saturated rings. The van der Waals surface area contributed by atoms with Gasteiger partial charge in [-0.2, -0.15) is 0 Å². The molecule has 1 aliphatic heterocycles. The van der Waals surface area contributed by atoms with E-state index in [4.69, 9.17) is 9.73 Å². The Labute approximate surface area is 155 Å². The summed E-state index contributed by atoms with van der Waals surface area (Å²) in [5.41, 5.74) is 4.70. The highest BCUT2D eigenvalue weighted by Gasteiger charge is 2.33. The number of methoxy groups -OCH3 is 1. The Morgan fingerprint density at radius 2 is 1.88 bits per heavy atom. The molecule has 3 aromatic rings. The Morgan fingerprint density at radius 1 is 1.08 bits per heavy atom. The molecular weight excluding hydrogens is 348 g/mol. The summed E-state index contributed by atoms with van der Waals surface area (Å²) >= 11 is 0. The molecule has 4 rings (SSSR count). The van der Waals surface area contributed by atoms with Crippen LogP contribution in [0.4, 0.5) is 5.69 Å². The summed E-state index contributed by atoms with van der Waals surface area (Å²) in [6, 6.07) is 16.6. The number of rotatable bonds is 3. The number of hydrogen-bond donors (Lipinski definition) is 1. The van der Waals surface area contributed by atoms with Crippen molar-refractivity contribution in [2.45, 2.75) is 25.9 Å². The van der Waals surface area contributed by atoms with Crippen molar-refractivity contribution < 1.29 is 4.74 Å². The number of nitrogens with zero attached hydrogens (tertiary/aromatic N) is 1. The second-order valence-electron chi connectivity index (χ2n) is 6.64. The van der Waals surface area contributed by atoms with Gasteiger partial charge in [0.15, 0.2) is 0 Å². The maximum Gasteiger partial charge on any atom is 0.130 e. The topological polar surface area (TPSA) is 33.6 Å². The van der Waals surface area contributed by atoms with Gasteiger partial charge in [-0.05, 0) is 37.6 Å². The molecule has 1 aliphatic rings. The maximum absolute atomic E-state index is 5.44. The van der Waals surface area contributed by atoms with E-state index in [-0.39, 0.29) is 5.54 Å². The number of ether oxygens (including phenoxy) is 1. The van der Waals surface area contributed by atoms with Gasteiger partial charge in [-0.1, -0.05) is 51.0 Å². The molecule has 3 nitrogen and oxygen atoms in total. The molecule has 25 heavy (non-hydrogen) atoms. The summed E-state index contributed by atoms with van der Waals surface area (Å²) in [7, 11) is 5.28. The third-order valence-corrected chi connectivity index (χ3v) is 7.08. The fraction of sp³-hybridized carbons (Fsp3) is 0.250. The fourth-order valence-corrected chi connectivity index (χ4v) is 6.09. The summed E-state index contributed by atoms with van der Waals surface area (Å²) in [6.45, 7) is 5.15. The monoisotopic (exact) mass is 368 g/mol. The first kappa shape index (κ1) is 16.4. The van der Waals surface area contributed by atoms with Gasteiger partial charge >= 0.3 is 0 Å². The van der Waals surface area contributed by atoms with Crippen molar-refractivity contribution in [2.24, 2.45) is 4.99 Å². The van der Waals surface area contributed by atoms with E-state index < -0.39 is 0 Å². The number of hydrogen-bond acceptors (Lipinski definition) is 5. The molecule has 5 heteroatoms. The predicted molar refractivity (Wildman–Crippen MR) is 107 cm³/mol. The molecule has 1 aromatic heterocycles. The Bertz CT molecular complexity index is 971. The first-order valence-electron chi connectivity index (χ1n) is 8.23. The van der Waals surface area contributed by atoms with Gasteiger partial charge in [0.1, 0.15) is 10.4 Å². The quantitative estimate of drug-likeness (QED) is 0.641. The van der Waals surface area contributed by atoms with Crippen LogP contribution in [0.1, 0.15) is 24.3 Å². The smallest absolute Gasteiger partial charge is 0.130 e. The molecule has 0 bridgehead atoms. The van der Waals surface area contributed by atoms with E-state index in [2.05, 4.69) is 55.6 Å². The fourth-order valence-electron chi connectivity index (χ4n) is 3.13. The minimum Gasteiger partial charge on any atom is -0.497 e. The van der Waals surface area contributed by atoms with E-state index in [1.165, 1.54) is 21.6 Å². The molecule has 0 atom stereocenters. The van der Waals surface area contributed by atoms with Crippen molar-refractivity contribution in [3.8, 4) is 16.9 Å². The molecule has 0 spiro atoms. The Balaban J connectivity index is 1.86. The molecule has 2 heterocycles. The average Bonchev–Trinajstić information content (AvgIpc) is 3.06. The van der Waals surface area contributed by atoms with Gasteiger partial charge in [-0.25, -0.2) is 0 Å². The molecule has 0 saturated heterocycles. The molecule has 1 N–H and O–H groups in total. The van der Waals surface area contributed by atoms with Crippen molar-refractivity contribution in [1.29, 1.82) is 0 Å². The highest BCUT2D eigenvalue weighted by atomic mass is 32.9. The SMILES string of the molecule is COc1ccc2c(c1)-c1c(ssc1=NCc1ccccc1)C(C)(C)N2. The van der Waals surface area contributed by atoms with E-state index in [1.807, 2.05) is 22.5 Å². The lowest BCUT2D eigenvalue weighted by Crippen LogP contribution is -2.31. The number of anilines is 1. The van der Waals surface area contributed by atoms with Crippen LogP contribution in [0.15, 0.2) is 53.5 Å². The van der Waals surface area contributed by atoms with E-state index in [0.29, 0.717) is 6.54 Å². The first-order chi connectivity index (χ1) is 12.1. The zero-order chi connectivity index (χ0) is 17.4. The zero-order valence-corrected chi connectivity index (χ0v) is 16.1. The molecule has 0 saturated carbocycles.